The van der Waals surface area contributed by atoms with Crippen LogP contribution in [0.1, 0.15) is 73.0 Å². The average molecular weight is 613 g/mol. The molecule has 0 radical (unpaired) electrons. The highest BCUT2D eigenvalue weighted by Crippen LogP contribution is 2.43. The Morgan fingerprint density at radius 3 is 2.89 bits per heavy atom. The monoisotopic (exact) mass is 612 g/mol. The largest absolute Gasteiger partial charge is 0.493 e. The van der Waals surface area contributed by atoms with E-state index in [0.29, 0.717) is 24.7 Å². The van der Waals surface area contributed by atoms with Crippen molar-refractivity contribution in [3.8, 4) is 11.6 Å². The first-order valence-electron chi connectivity index (χ1n) is 15.2. The summed E-state index contributed by atoms with van der Waals surface area (Å²) >= 11 is 1.72. The van der Waals surface area contributed by atoms with Crippen molar-refractivity contribution in [2.45, 2.75) is 64.6 Å². The summed E-state index contributed by atoms with van der Waals surface area (Å²) in [5, 5.41) is 22.0. The second-order valence-electron chi connectivity index (χ2n) is 12.0. The summed E-state index contributed by atoms with van der Waals surface area (Å²) < 4.78 is 14.8. The molecule has 4 aromatic heterocycles. The first-order chi connectivity index (χ1) is 21.3. The predicted molar refractivity (Wildman–Crippen MR) is 168 cm³/mol. The molecule has 3 atom stereocenters. The summed E-state index contributed by atoms with van der Waals surface area (Å²) in [6.45, 7) is 7.74. The number of aromatic hydroxyl groups is 1. The van der Waals surface area contributed by atoms with Crippen LogP contribution in [0.15, 0.2) is 41.9 Å². The quantitative estimate of drug-likeness (QED) is 0.217. The van der Waals surface area contributed by atoms with Gasteiger partial charge in [0.25, 0.3) is 0 Å². The van der Waals surface area contributed by atoms with Crippen LogP contribution in [0.3, 0.4) is 0 Å². The highest BCUT2D eigenvalue weighted by atomic mass is 32.1. The van der Waals surface area contributed by atoms with E-state index in [2.05, 4.69) is 55.7 Å². The third-order valence-corrected chi connectivity index (χ3v) is 10.1. The van der Waals surface area contributed by atoms with E-state index < -0.39 is 0 Å². The van der Waals surface area contributed by atoms with Crippen molar-refractivity contribution in [3.63, 3.8) is 0 Å². The van der Waals surface area contributed by atoms with E-state index in [1.54, 1.807) is 22.1 Å². The maximum Gasteiger partial charge on any atom is 0.306 e. The van der Waals surface area contributed by atoms with Gasteiger partial charge < -0.3 is 14.6 Å². The Bertz CT molecular complexity index is 1860. The van der Waals surface area contributed by atoms with Crippen LogP contribution in [0.2, 0.25) is 0 Å². The van der Waals surface area contributed by atoms with Crippen molar-refractivity contribution in [2.75, 3.05) is 13.2 Å². The van der Waals surface area contributed by atoms with Crippen LogP contribution in [-0.2, 0) is 23.1 Å². The van der Waals surface area contributed by atoms with Gasteiger partial charge in [0.2, 0.25) is 5.88 Å². The maximum atomic E-state index is 13.0. The molecule has 11 heteroatoms. The lowest BCUT2D eigenvalue weighted by molar-refractivity contribution is -0.143. The first kappa shape index (κ1) is 28.7. The number of rotatable bonds is 8. The van der Waals surface area contributed by atoms with E-state index in [9.17, 15) is 9.90 Å². The lowest BCUT2D eigenvalue weighted by atomic mass is 9.85. The minimum absolute atomic E-state index is 0.00229. The molecule has 1 aliphatic heterocycles. The molecule has 1 aliphatic carbocycles. The van der Waals surface area contributed by atoms with Crippen molar-refractivity contribution >= 4 is 38.6 Å². The molecule has 0 amide bonds. The van der Waals surface area contributed by atoms with E-state index in [-0.39, 0.29) is 36.3 Å². The van der Waals surface area contributed by atoms with Gasteiger partial charge in [0.15, 0.2) is 5.65 Å². The van der Waals surface area contributed by atoms with Gasteiger partial charge in [-0.05, 0) is 90.7 Å². The molecule has 0 spiro atoms. The van der Waals surface area contributed by atoms with Crippen LogP contribution in [0.4, 0.5) is 0 Å². The molecule has 5 heterocycles. The van der Waals surface area contributed by atoms with Gasteiger partial charge in [-0.1, -0.05) is 11.3 Å². The second kappa shape index (κ2) is 11.4. The van der Waals surface area contributed by atoms with E-state index >= 15 is 0 Å². The van der Waals surface area contributed by atoms with Gasteiger partial charge in [-0.25, -0.2) is 14.6 Å². The number of hydrogen-bond donors (Lipinski definition) is 1. The van der Waals surface area contributed by atoms with Crippen molar-refractivity contribution in [1.29, 1.82) is 0 Å². The first-order valence-corrected chi connectivity index (χ1v) is 16.1. The van der Waals surface area contributed by atoms with Gasteiger partial charge in [0.05, 0.1) is 19.1 Å². The molecule has 44 heavy (non-hydrogen) atoms. The SMILES string of the molecule is CCOC(=O)C[C@H](c1cc(CN2C[C@@H](C3CC3)Oc3ccc(O)nc3[C@@H]2C)c2sccc2c1)c1cnc2c(nnn2C)c1C. The fraction of sp³-hybridized carbons (Fsp3) is 0.424. The molecule has 1 aromatic carbocycles. The number of carbonyl (C=O) groups is 1. The number of thiophene rings is 1. The molecule has 7 rings (SSSR count). The maximum absolute atomic E-state index is 13.0. The summed E-state index contributed by atoms with van der Waals surface area (Å²) in [5.74, 6) is 0.743. The Hall–Kier alpha value is -4.09. The molecule has 1 saturated carbocycles. The van der Waals surface area contributed by atoms with Gasteiger partial charge in [-0.3, -0.25) is 9.69 Å². The zero-order valence-corrected chi connectivity index (χ0v) is 26.2. The highest BCUT2D eigenvalue weighted by Gasteiger charge is 2.39. The fourth-order valence-electron chi connectivity index (χ4n) is 6.50. The summed E-state index contributed by atoms with van der Waals surface area (Å²) in [5.41, 5.74) is 6.29. The molecule has 228 valence electrons. The molecule has 0 bridgehead atoms. The predicted octanol–water partition coefficient (Wildman–Crippen LogP) is 5.81. The van der Waals surface area contributed by atoms with E-state index in [0.717, 1.165) is 58.4 Å². The molecule has 0 saturated heterocycles. The van der Waals surface area contributed by atoms with Crippen LogP contribution in [0, 0.1) is 12.8 Å². The molecular formula is C33H36N6O4S. The Kier molecular flexibility index (Phi) is 7.45. The van der Waals surface area contributed by atoms with Crippen LogP contribution in [0.5, 0.6) is 11.6 Å². The zero-order valence-electron chi connectivity index (χ0n) is 25.4. The Morgan fingerprint density at radius 2 is 2.09 bits per heavy atom. The van der Waals surface area contributed by atoms with E-state index in [4.69, 9.17) is 9.47 Å². The Labute approximate surface area is 259 Å². The Morgan fingerprint density at radius 1 is 1.25 bits per heavy atom. The number of carbonyl (C=O) groups excluding carboxylic acids is 1. The lowest BCUT2D eigenvalue weighted by Gasteiger charge is -2.29. The minimum atomic E-state index is -0.278. The van der Waals surface area contributed by atoms with Crippen LogP contribution < -0.4 is 4.74 Å². The van der Waals surface area contributed by atoms with Crippen molar-refractivity contribution in [3.05, 3.63) is 69.9 Å². The summed E-state index contributed by atoms with van der Waals surface area (Å²) in [6, 6.07) is 9.95. The fourth-order valence-corrected chi connectivity index (χ4v) is 7.38. The third-order valence-electron chi connectivity index (χ3n) is 9.04. The van der Waals surface area contributed by atoms with E-state index in [1.807, 2.05) is 33.2 Å². The molecule has 1 N–H and O–H groups in total. The molecule has 2 aliphatic rings. The zero-order chi connectivity index (χ0) is 30.5. The van der Waals surface area contributed by atoms with Crippen molar-refractivity contribution in [2.24, 2.45) is 13.0 Å². The molecular weight excluding hydrogens is 576 g/mol. The second-order valence-corrected chi connectivity index (χ2v) is 12.9. The number of aromatic nitrogens is 5. The number of aryl methyl sites for hydroxylation is 2. The summed E-state index contributed by atoms with van der Waals surface area (Å²) in [6.07, 6.45) is 4.43. The van der Waals surface area contributed by atoms with Gasteiger partial charge >= 0.3 is 5.97 Å². The molecule has 5 aromatic rings. The standard InChI is InChI=1S/C33H36N6O4S/c1-5-42-29(41)14-24(25-15-34-33-30(18(25)2)36-37-38(33)4)22-12-21-10-11-44-32(21)23(13-22)16-39-17-27(20-6-7-20)43-26-8-9-28(40)35-31(26)19(39)3/h8-13,15,19-20,24,27H,5-7,14,16-17H2,1-4H3,(H,35,40)/t19-,24+,27-/m0/s1. The highest BCUT2D eigenvalue weighted by molar-refractivity contribution is 7.17. The van der Waals surface area contributed by atoms with Gasteiger partial charge in [0, 0.05) is 43.0 Å². The minimum Gasteiger partial charge on any atom is -0.493 e. The number of pyridine rings is 2. The van der Waals surface area contributed by atoms with Gasteiger partial charge in [0.1, 0.15) is 23.1 Å². The van der Waals surface area contributed by atoms with Crippen molar-refractivity contribution in [1.82, 2.24) is 29.9 Å². The van der Waals surface area contributed by atoms with Gasteiger partial charge in [-0.15, -0.1) is 16.4 Å². The third kappa shape index (κ3) is 5.28. The summed E-state index contributed by atoms with van der Waals surface area (Å²) in [4.78, 5) is 24.6. The molecule has 0 unspecified atom stereocenters. The van der Waals surface area contributed by atoms with Crippen LogP contribution >= 0.6 is 11.3 Å². The number of nitrogens with zero attached hydrogens (tertiary/aromatic N) is 6. The molecule has 10 nitrogen and oxygen atoms in total. The number of esters is 1. The van der Waals surface area contributed by atoms with Crippen molar-refractivity contribution < 1.29 is 19.4 Å². The summed E-state index contributed by atoms with van der Waals surface area (Å²) in [7, 11) is 1.83. The molecule has 1 fully saturated rings. The topological polar surface area (TPSA) is 115 Å². The van der Waals surface area contributed by atoms with Gasteiger partial charge in [-0.2, -0.15) is 0 Å². The number of hydrogen-bond acceptors (Lipinski definition) is 10. The Balaban J connectivity index is 1.31. The number of benzene rings is 1. The normalized spacial score (nSPS) is 19.5. The van der Waals surface area contributed by atoms with E-state index in [1.165, 1.54) is 10.3 Å². The van der Waals surface area contributed by atoms with Crippen LogP contribution in [0.25, 0.3) is 21.3 Å². The smallest absolute Gasteiger partial charge is 0.306 e. The number of ether oxygens (including phenoxy) is 2. The average Bonchev–Trinajstić information content (AvgIpc) is 3.65. The van der Waals surface area contributed by atoms with Crippen LogP contribution in [-0.4, -0.2) is 60.2 Å². The lowest BCUT2D eigenvalue weighted by Crippen LogP contribution is -2.35. The number of fused-ring (bicyclic) bond motifs is 3.